The van der Waals surface area contributed by atoms with Crippen LogP contribution in [0.3, 0.4) is 0 Å². The fraction of sp³-hybridized carbons (Fsp3) is 0.200. The number of benzene rings is 2. The second kappa shape index (κ2) is 6.53. The van der Waals surface area contributed by atoms with E-state index in [0.29, 0.717) is 5.13 Å². The average Bonchev–Trinajstić information content (AvgIpc) is 3.04. The van der Waals surface area contributed by atoms with Gasteiger partial charge in [-0.25, -0.2) is 9.37 Å². The first-order valence-electron chi connectivity index (χ1n) is 8.30. The van der Waals surface area contributed by atoms with Crippen LogP contribution < -0.4 is 10.1 Å². The molecule has 3 aromatic rings. The first-order chi connectivity index (χ1) is 12.6. The van der Waals surface area contributed by atoms with E-state index in [1.807, 2.05) is 6.92 Å². The number of ether oxygens (including phenoxy) is 1. The summed E-state index contributed by atoms with van der Waals surface area (Å²) >= 11 is 1.45. The number of hydrogen-bond acceptors (Lipinski definition) is 4. The second-order valence-electron chi connectivity index (χ2n) is 6.20. The molecule has 0 atom stereocenters. The molecule has 1 aromatic heterocycles. The molecule has 1 N–H and O–H groups in total. The quantitative estimate of drug-likeness (QED) is 0.734. The number of methoxy groups -OCH3 is 1. The molecule has 1 aliphatic carbocycles. The molecule has 0 saturated carbocycles. The Bertz CT molecular complexity index is 1010. The maximum atomic E-state index is 13.8. The number of nitrogens with zero attached hydrogens (tertiary/aromatic N) is 1. The van der Waals surface area contributed by atoms with Crippen molar-refractivity contribution in [3.63, 3.8) is 0 Å². The van der Waals surface area contributed by atoms with E-state index in [-0.39, 0.29) is 5.56 Å². The van der Waals surface area contributed by atoms with Crippen molar-refractivity contribution in [3.8, 4) is 17.0 Å². The number of carbonyl (C=O) groups excluding carboxylic acids is 1. The van der Waals surface area contributed by atoms with Gasteiger partial charge in [-0.2, -0.15) is 0 Å². The Labute approximate surface area is 154 Å². The van der Waals surface area contributed by atoms with Gasteiger partial charge in [-0.15, -0.1) is 11.3 Å². The van der Waals surface area contributed by atoms with Crippen LogP contribution in [0.15, 0.2) is 36.4 Å². The Morgan fingerprint density at radius 2 is 2.08 bits per heavy atom. The first kappa shape index (κ1) is 16.7. The Balaban J connectivity index is 1.66. The zero-order valence-electron chi connectivity index (χ0n) is 14.4. The maximum Gasteiger partial charge on any atom is 0.260 e. The highest BCUT2D eigenvalue weighted by molar-refractivity contribution is 7.16. The predicted octanol–water partition coefficient (Wildman–Crippen LogP) is 4.62. The molecule has 2 aromatic carbocycles. The molecule has 1 heterocycles. The molecule has 0 unspecified atom stereocenters. The van der Waals surface area contributed by atoms with Gasteiger partial charge in [0, 0.05) is 10.4 Å². The summed E-state index contributed by atoms with van der Waals surface area (Å²) in [4.78, 5) is 18.1. The molecule has 1 aliphatic rings. The summed E-state index contributed by atoms with van der Waals surface area (Å²) in [5.41, 5.74) is 4.22. The van der Waals surface area contributed by atoms with Gasteiger partial charge in [-0.1, -0.05) is 12.1 Å². The molecule has 0 aliphatic heterocycles. The molecule has 26 heavy (non-hydrogen) atoms. The van der Waals surface area contributed by atoms with Gasteiger partial charge in [0.2, 0.25) is 0 Å². The van der Waals surface area contributed by atoms with Gasteiger partial charge in [0.1, 0.15) is 11.6 Å². The molecule has 1 amide bonds. The van der Waals surface area contributed by atoms with E-state index < -0.39 is 11.7 Å². The summed E-state index contributed by atoms with van der Waals surface area (Å²) in [6.45, 7) is 2.00. The van der Waals surface area contributed by atoms with E-state index >= 15 is 0 Å². The van der Waals surface area contributed by atoms with E-state index in [1.165, 1.54) is 29.0 Å². The summed E-state index contributed by atoms with van der Waals surface area (Å²) in [7, 11) is 1.67. The fourth-order valence-corrected chi connectivity index (χ4v) is 4.19. The van der Waals surface area contributed by atoms with Gasteiger partial charge in [0.25, 0.3) is 5.91 Å². The van der Waals surface area contributed by atoms with Crippen LogP contribution in [0.4, 0.5) is 9.52 Å². The fourth-order valence-electron chi connectivity index (χ4n) is 3.22. The summed E-state index contributed by atoms with van der Waals surface area (Å²) in [6, 6.07) is 10.1. The van der Waals surface area contributed by atoms with Gasteiger partial charge < -0.3 is 4.74 Å². The van der Waals surface area contributed by atoms with E-state index in [4.69, 9.17) is 4.74 Å². The standard InChI is InChI=1S/C20H17FN2O2S/c1-11-9-14-12(10-16(11)25-2)7-8-17-18(14)22-20(26-17)23-19(24)13-5-3-4-6-15(13)21/h3-6,9-10H,7-8H2,1-2H3,(H,22,23,24). The molecule has 4 nitrogen and oxygen atoms in total. The minimum Gasteiger partial charge on any atom is -0.496 e. The van der Waals surface area contributed by atoms with Crippen LogP contribution in [0.1, 0.15) is 26.4 Å². The molecule has 0 radical (unpaired) electrons. The number of fused-ring (bicyclic) bond motifs is 3. The molecule has 4 rings (SSSR count). The highest BCUT2D eigenvalue weighted by atomic mass is 32.1. The van der Waals surface area contributed by atoms with Crippen molar-refractivity contribution in [2.75, 3.05) is 12.4 Å². The molecular weight excluding hydrogens is 351 g/mol. The van der Waals surface area contributed by atoms with Crippen molar-refractivity contribution in [2.45, 2.75) is 19.8 Å². The summed E-state index contributed by atoms with van der Waals surface area (Å²) in [5.74, 6) is -0.157. The smallest absolute Gasteiger partial charge is 0.260 e. The lowest BCUT2D eigenvalue weighted by molar-refractivity contribution is 0.102. The highest BCUT2D eigenvalue weighted by Gasteiger charge is 2.23. The molecule has 6 heteroatoms. The topological polar surface area (TPSA) is 51.2 Å². The number of hydrogen-bond donors (Lipinski definition) is 1. The monoisotopic (exact) mass is 368 g/mol. The number of halogens is 1. The third-order valence-electron chi connectivity index (χ3n) is 4.53. The van der Waals surface area contributed by atoms with Crippen LogP contribution in [0.25, 0.3) is 11.3 Å². The number of anilines is 1. The molecule has 132 valence electrons. The van der Waals surface area contributed by atoms with Crippen molar-refractivity contribution in [1.82, 2.24) is 4.98 Å². The zero-order valence-corrected chi connectivity index (χ0v) is 15.2. The zero-order chi connectivity index (χ0) is 18.3. The van der Waals surface area contributed by atoms with Gasteiger partial charge in [0.15, 0.2) is 5.13 Å². The number of aromatic nitrogens is 1. The number of rotatable bonds is 3. The predicted molar refractivity (Wildman–Crippen MR) is 101 cm³/mol. The van der Waals surface area contributed by atoms with Crippen LogP contribution in [0, 0.1) is 12.7 Å². The van der Waals surface area contributed by atoms with E-state index in [1.54, 1.807) is 19.2 Å². The molecule has 0 saturated heterocycles. The Morgan fingerprint density at radius 3 is 2.85 bits per heavy atom. The number of nitrogens with one attached hydrogen (secondary N) is 1. The van der Waals surface area contributed by atoms with Gasteiger partial charge >= 0.3 is 0 Å². The Hall–Kier alpha value is -2.73. The highest BCUT2D eigenvalue weighted by Crippen LogP contribution is 2.40. The van der Waals surface area contributed by atoms with Crippen molar-refractivity contribution in [3.05, 3.63) is 63.8 Å². The Morgan fingerprint density at radius 1 is 1.27 bits per heavy atom. The van der Waals surface area contributed by atoms with Crippen LogP contribution in [0.5, 0.6) is 5.75 Å². The van der Waals surface area contributed by atoms with E-state index in [0.717, 1.165) is 40.3 Å². The lowest BCUT2D eigenvalue weighted by Crippen LogP contribution is -2.13. The van der Waals surface area contributed by atoms with E-state index in [2.05, 4.69) is 22.4 Å². The van der Waals surface area contributed by atoms with Gasteiger partial charge in [-0.05, 0) is 55.2 Å². The van der Waals surface area contributed by atoms with Gasteiger partial charge in [0.05, 0.1) is 18.4 Å². The lowest BCUT2D eigenvalue weighted by Gasteiger charge is -2.17. The van der Waals surface area contributed by atoms with Crippen LogP contribution in [-0.4, -0.2) is 18.0 Å². The lowest BCUT2D eigenvalue weighted by atomic mass is 9.91. The maximum absolute atomic E-state index is 13.8. The average molecular weight is 368 g/mol. The van der Waals surface area contributed by atoms with Crippen molar-refractivity contribution in [2.24, 2.45) is 0 Å². The summed E-state index contributed by atoms with van der Waals surface area (Å²) in [5, 5.41) is 3.22. The second-order valence-corrected chi connectivity index (χ2v) is 7.29. The third-order valence-corrected chi connectivity index (χ3v) is 5.56. The minimum atomic E-state index is -0.542. The van der Waals surface area contributed by atoms with Crippen molar-refractivity contribution < 1.29 is 13.9 Å². The van der Waals surface area contributed by atoms with E-state index in [9.17, 15) is 9.18 Å². The SMILES string of the molecule is COc1cc2c(cc1C)-c1nc(NC(=O)c3ccccc3F)sc1CC2. The number of amides is 1. The largest absolute Gasteiger partial charge is 0.496 e. The number of aryl methyl sites for hydroxylation is 3. The summed E-state index contributed by atoms with van der Waals surface area (Å²) < 4.78 is 19.2. The molecule has 0 spiro atoms. The Kier molecular flexibility index (Phi) is 4.20. The number of thiazole rings is 1. The minimum absolute atomic E-state index is 0.0154. The summed E-state index contributed by atoms with van der Waals surface area (Å²) in [6.07, 6.45) is 1.77. The molecular formula is C20H17FN2O2S. The van der Waals surface area contributed by atoms with Gasteiger partial charge in [-0.3, -0.25) is 10.1 Å². The van der Waals surface area contributed by atoms with Crippen LogP contribution in [0.2, 0.25) is 0 Å². The third kappa shape index (κ3) is 2.86. The van der Waals surface area contributed by atoms with Crippen LogP contribution in [-0.2, 0) is 12.8 Å². The molecule has 0 fully saturated rings. The number of carbonyl (C=O) groups is 1. The normalized spacial score (nSPS) is 12.3. The van der Waals surface area contributed by atoms with Crippen LogP contribution >= 0.6 is 11.3 Å². The first-order valence-corrected chi connectivity index (χ1v) is 9.12. The van der Waals surface area contributed by atoms with Crippen molar-refractivity contribution >= 4 is 22.4 Å². The van der Waals surface area contributed by atoms with Crippen molar-refractivity contribution in [1.29, 1.82) is 0 Å². The molecule has 0 bridgehead atoms.